The Morgan fingerprint density at radius 3 is 0.623 bits per heavy atom. The largest absolute Gasteiger partial charge is 0.481 e. The predicted molar refractivity (Wildman–Crippen MR) is 300 cm³/mol. The number of carbonyl (C=O) groups is 8. The van der Waals surface area contributed by atoms with Crippen LogP contribution in [0, 0.1) is 5.41 Å². The maximum atomic E-state index is 12.9. The third kappa shape index (κ3) is 39.1. The molecule has 0 aliphatic carbocycles. The lowest BCUT2D eigenvalue weighted by Gasteiger charge is -2.33. The molecule has 77 heavy (non-hydrogen) atoms. The fourth-order valence-electron chi connectivity index (χ4n) is 7.42. The van der Waals surface area contributed by atoms with Gasteiger partial charge in [-0.05, 0) is 51.4 Å². The van der Waals surface area contributed by atoms with Crippen LogP contribution in [0.2, 0.25) is 0 Å². The number of rotatable bonds is 52. The van der Waals surface area contributed by atoms with E-state index in [1.165, 1.54) is 47.0 Å². The SMILES string of the molecule is CCC(CC(=O)O)SC(CC)CC(=O)OCCOCC(COCCOC(=O)CC(CC)SC(CC)CC(=O)O)(COCCOC(=O)CC(CC)SC(CC)CC(=O)O)COCCOC(=O)CC(CC)SC(CC)CC(=O)O. The number of carbonyl (C=O) groups excluding carboxylic acids is 4. The van der Waals surface area contributed by atoms with Crippen LogP contribution in [0.15, 0.2) is 0 Å². The van der Waals surface area contributed by atoms with Gasteiger partial charge in [0.25, 0.3) is 0 Å². The maximum absolute atomic E-state index is 12.9. The summed E-state index contributed by atoms with van der Waals surface area (Å²) in [6, 6.07) is 0. The van der Waals surface area contributed by atoms with Crippen LogP contribution in [-0.4, -0.2) is 189 Å². The number of hydrogen-bond acceptors (Lipinski definition) is 20. The molecule has 0 aromatic heterocycles. The molecular weight excluding hydrogens is 1080 g/mol. The molecule has 0 saturated heterocycles. The lowest BCUT2D eigenvalue weighted by atomic mass is 9.92. The molecule has 0 aromatic rings. The Balaban J connectivity index is 6.19. The van der Waals surface area contributed by atoms with Crippen LogP contribution in [0.25, 0.3) is 0 Å². The monoisotopic (exact) mass is 1180 g/mol. The van der Waals surface area contributed by atoms with Crippen LogP contribution < -0.4 is 0 Å². The molecule has 0 saturated carbocycles. The van der Waals surface area contributed by atoms with Gasteiger partial charge in [-0.1, -0.05) is 55.4 Å². The van der Waals surface area contributed by atoms with Gasteiger partial charge in [0.15, 0.2) is 0 Å². The fraction of sp³-hybridized carbons (Fsp3) is 0.849. The topological polar surface area (TPSA) is 291 Å². The quantitative estimate of drug-likeness (QED) is 0.0251. The molecule has 0 aromatic carbocycles. The lowest BCUT2D eigenvalue weighted by molar-refractivity contribution is -0.152. The minimum absolute atomic E-state index is 0.0120. The molecule has 0 heterocycles. The smallest absolute Gasteiger partial charge is 0.306 e. The highest BCUT2D eigenvalue weighted by Gasteiger charge is 2.33. The van der Waals surface area contributed by atoms with Gasteiger partial charge in [0.2, 0.25) is 0 Å². The third-order valence-electron chi connectivity index (χ3n) is 12.0. The van der Waals surface area contributed by atoms with E-state index in [1.54, 1.807) is 0 Å². The number of carboxylic acid groups (broad SMARTS) is 4. The number of esters is 4. The van der Waals surface area contributed by atoms with Crippen LogP contribution in [-0.2, 0) is 76.3 Å². The molecule has 4 N–H and O–H groups in total. The van der Waals surface area contributed by atoms with Crippen molar-refractivity contribution >= 4 is 94.8 Å². The zero-order valence-electron chi connectivity index (χ0n) is 46.9. The summed E-state index contributed by atoms with van der Waals surface area (Å²) < 4.78 is 46.4. The molecule has 0 aliphatic heterocycles. The van der Waals surface area contributed by atoms with Crippen molar-refractivity contribution in [3.63, 3.8) is 0 Å². The first-order valence-electron chi connectivity index (χ1n) is 27.1. The molecule has 8 atom stereocenters. The molecule has 8 unspecified atom stereocenters. The predicted octanol–water partition coefficient (Wildman–Crippen LogP) is 8.83. The Kier molecular flexibility index (Phi) is 43.9. The lowest BCUT2D eigenvalue weighted by Crippen LogP contribution is -2.43. The van der Waals surface area contributed by atoms with Crippen LogP contribution >= 0.6 is 47.0 Å². The van der Waals surface area contributed by atoms with Crippen LogP contribution in [0.3, 0.4) is 0 Å². The van der Waals surface area contributed by atoms with E-state index >= 15 is 0 Å². The molecule has 0 rings (SSSR count). The molecule has 20 nitrogen and oxygen atoms in total. The molecule has 448 valence electrons. The highest BCUT2D eigenvalue weighted by Crippen LogP contribution is 2.31. The fourth-order valence-corrected chi connectivity index (χ4v) is 13.0. The molecule has 0 amide bonds. The second kappa shape index (κ2) is 45.7. The normalized spacial score (nSPS) is 15.4. The maximum Gasteiger partial charge on any atom is 0.306 e. The first-order valence-corrected chi connectivity index (χ1v) is 30.9. The molecular formula is C53H92O20S4. The summed E-state index contributed by atoms with van der Waals surface area (Å²) >= 11 is 5.84. The van der Waals surface area contributed by atoms with Gasteiger partial charge in [-0.3, -0.25) is 38.4 Å². The Morgan fingerprint density at radius 1 is 0.299 bits per heavy atom. The van der Waals surface area contributed by atoms with Gasteiger partial charge in [0, 0.05) is 42.0 Å². The Morgan fingerprint density at radius 2 is 0.468 bits per heavy atom. The number of thioether (sulfide) groups is 4. The molecule has 0 bridgehead atoms. The average Bonchev–Trinajstić information content (AvgIpc) is 3.37. The van der Waals surface area contributed by atoms with Gasteiger partial charge in [0.1, 0.15) is 26.4 Å². The van der Waals surface area contributed by atoms with Gasteiger partial charge in [-0.2, -0.15) is 47.0 Å². The summed E-state index contributed by atoms with van der Waals surface area (Å²) in [6.07, 6.45) is 5.39. The van der Waals surface area contributed by atoms with Crippen molar-refractivity contribution in [1.82, 2.24) is 0 Å². The van der Waals surface area contributed by atoms with Gasteiger partial charge < -0.3 is 58.3 Å². The number of aliphatic carboxylic acids is 4. The van der Waals surface area contributed by atoms with E-state index in [9.17, 15) is 58.8 Å². The number of carboxylic acids is 4. The Bertz CT molecular complexity index is 1440. The highest BCUT2D eigenvalue weighted by molar-refractivity contribution is 8.01. The number of hydrogen-bond donors (Lipinski definition) is 4. The van der Waals surface area contributed by atoms with Crippen molar-refractivity contribution in [3.8, 4) is 0 Å². The van der Waals surface area contributed by atoms with Gasteiger partial charge in [-0.25, -0.2) is 0 Å². The summed E-state index contributed by atoms with van der Waals surface area (Å²) in [5.41, 5.74) is -1.08. The Labute approximate surface area is 474 Å². The van der Waals surface area contributed by atoms with E-state index in [4.69, 9.17) is 37.9 Å². The summed E-state index contributed by atoms with van der Waals surface area (Å²) in [4.78, 5) is 96.9. The van der Waals surface area contributed by atoms with Crippen LogP contribution in [0.5, 0.6) is 0 Å². The molecule has 0 spiro atoms. The van der Waals surface area contributed by atoms with E-state index in [0.717, 1.165) is 0 Å². The second-order valence-corrected chi connectivity index (χ2v) is 25.0. The van der Waals surface area contributed by atoms with Gasteiger partial charge in [-0.15, -0.1) is 0 Å². The molecule has 0 fully saturated rings. The Hall–Kier alpha value is -3.00. The average molecular weight is 1180 g/mol. The standard InChI is InChI=1S/C53H92O20S4/c1-9-37(25-45(54)55)74-41(13-5)29-49(62)70-21-17-66-33-53(34-67-18-22-71-50(63)30-42(14-6)75-38(10-2)26-46(56)57,35-68-19-23-72-51(64)31-43(15-7)76-39(11-3)27-47(58)59)36-69-20-24-73-52(65)32-44(16-8)77-40(12-4)28-48(60)61/h37-44H,9-36H2,1-8H3,(H,54,55)(H,56,57)(H,58,59)(H,60,61). The molecule has 0 aliphatic rings. The van der Waals surface area contributed by atoms with E-state index < -0.39 is 53.2 Å². The van der Waals surface area contributed by atoms with Crippen molar-refractivity contribution in [3.05, 3.63) is 0 Å². The van der Waals surface area contributed by atoms with Crippen molar-refractivity contribution in [2.24, 2.45) is 5.41 Å². The zero-order valence-corrected chi connectivity index (χ0v) is 50.1. The summed E-state index contributed by atoms with van der Waals surface area (Å²) in [5.74, 6) is -5.46. The van der Waals surface area contributed by atoms with Crippen molar-refractivity contribution in [2.45, 2.75) is 200 Å². The highest BCUT2D eigenvalue weighted by atomic mass is 32.2. The minimum atomic E-state index is -1.08. The number of ether oxygens (including phenoxy) is 8. The van der Waals surface area contributed by atoms with Crippen LogP contribution in [0.4, 0.5) is 0 Å². The second-order valence-electron chi connectivity index (χ2n) is 18.6. The summed E-state index contributed by atoms with van der Waals surface area (Å²) in [7, 11) is 0. The first kappa shape index (κ1) is 74.0. The minimum Gasteiger partial charge on any atom is -0.481 e. The van der Waals surface area contributed by atoms with Crippen molar-refractivity contribution < 1.29 is 96.7 Å². The zero-order chi connectivity index (χ0) is 58.0. The van der Waals surface area contributed by atoms with Crippen LogP contribution in [0.1, 0.15) is 158 Å². The van der Waals surface area contributed by atoms with E-state index in [-0.39, 0.29) is 173 Å². The molecule has 24 heteroatoms. The first-order chi connectivity index (χ1) is 36.7. The molecule has 0 radical (unpaired) electrons. The third-order valence-corrected chi connectivity index (χ3v) is 19.0. The van der Waals surface area contributed by atoms with Crippen molar-refractivity contribution in [2.75, 3.05) is 79.3 Å². The van der Waals surface area contributed by atoms with Gasteiger partial charge >= 0.3 is 47.8 Å². The van der Waals surface area contributed by atoms with Crippen molar-refractivity contribution in [1.29, 1.82) is 0 Å². The summed E-state index contributed by atoms with van der Waals surface area (Å²) in [6.45, 7) is 14.5. The van der Waals surface area contributed by atoms with E-state index in [2.05, 4.69) is 0 Å². The van der Waals surface area contributed by atoms with E-state index in [0.29, 0.717) is 51.4 Å². The summed E-state index contributed by atoms with van der Waals surface area (Å²) in [5, 5.41) is 36.0. The van der Waals surface area contributed by atoms with E-state index in [1.807, 2.05) is 55.4 Å². The van der Waals surface area contributed by atoms with Gasteiger partial charge in [0.05, 0.1) is 110 Å².